The molecule has 0 amide bonds. The van der Waals surface area contributed by atoms with Crippen molar-refractivity contribution in [2.45, 2.75) is 40.5 Å². The van der Waals surface area contributed by atoms with E-state index < -0.39 is 0 Å². The van der Waals surface area contributed by atoms with Gasteiger partial charge in [-0.1, -0.05) is 32.1 Å². The first kappa shape index (κ1) is 15.5. The second-order valence-electron chi connectivity index (χ2n) is 2.84. The molecule has 1 aliphatic heterocycles. The van der Waals surface area contributed by atoms with Crippen LogP contribution < -0.4 is 5.32 Å². The van der Waals surface area contributed by atoms with Crippen LogP contribution in [0.5, 0.6) is 0 Å². The normalized spacial score (nSPS) is 13.7. The van der Waals surface area contributed by atoms with Crippen LogP contribution >= 0.6 is 0 Å². The molecule has 0 atom stereocenters. The van der Waals surface area contributed by atoms with Gasteiger partial charge in [0.25, 0.3) is 0 Å². The monoisotopic (exact) mass is 195 g/mol. The average Bonchev–Trinajstić information content (AvgIpc) is 2.23. The van der Waals surface area contributed by atoms with Crippen molar-refractivity contribution in [2.24, 2.45) is 0 Å². The SMILES string of the molecule is C=CC.C=CC1=C(C)CCCN1.CC. The van der Waals surface area contributed by atoms with E-state index in [1.165, 1.54) is 24.1 Å². The molecular weight excluding hydrogens is 170 g/mol. The van der Waals surface area contributed by atoms with Gasteiger partial charge in [0.2, 0.25) is 0 Å². The van der Waals surface area contributed by atoms with Crippen LogP contribution in [0.2, 0.25) is 0 Å². The Hall–Kier alpha value is -0.980. The Morgan fingerprint density at radius 3 is 2.07 bits per heavy atom. The molecule has 0 saturated heterocycles. The van der Waals surface area contributed by atoms with Gasteiger partial charge in [-0.3, -0.25) is 0 Å². The average molecular weight is 195 g/mol. The zero-order valence-corrected chi connectivity index (χ0v) is 10.2. The zero-order chi connectivity index (χ0) is 11.4. The second kappa shape index (κ2) is 12.0. The van der Waals surface area contributed by atoms with Crippen LogP contribution in [-0.4, -0.2) is 6.54 Å². The van der Waals surface area contributed by atoms with E-state index in [1.54, 1.807) is 6.08 Å². The smallest absolute Gasteiger partial charge is 0.0323 e. The Balaban J connectivity index is 0. The first-order valence-electron chi connectivity index (χ1n) is 5.39. The summed E-state index contributed by atoms with van der Waals surface area (Å²) in [7, 11) is 0. The van der Waals surface area contributed by atoms with Gasteiger partial charge in [-0.2, -0.15) is 0 Å². The molecule has 1 aliphatic rings. The fraction of sp³-hybridized carbons (Fsp3) is 0.538. The van der Waals surface area contributed by atoms with Gasteiger partial charge >= 0.3 is 0 Å². The standard InChI is InChI=1S/C8H13N.C3H6.C2H6/c1-3-8-7(2)5-4-6-9-8;1-3-2;1-2/h3,9H,1,4-6H2,2H3;3H,1H2,2H3;1-2H3. The third-order valence-corrected chi connectivity index (χ3v) is 1.71. The van der Waals surface area contributed by atoms with E-state index in [2.05, 4.69) is 25.4 Å². The zero-order valence-electron chi connectivity index (χ0n) is 10.2. The fourth-order valence-electron chi connectivity index (χ4n) is 1.11. The van der Waals surface area contributed by atoms with Crippen molar-refractivity contribution in [1.29, 1.82) is 0 Å². The van der Waals surface area contributed by atoms with Gasteiger partial charge < -0.3 is 5.32 Å². The lowest BCUT2D eigenvalue weighted by Gasteiger charge is -2.16. The highest BCUT2D eigenvalue weighted by Gasteiger charge is 2.03. The minimum absolute atomic E-state index is 1.11. The van der Waals surface area contributed by atoms with Gasteiger partial charge in [-0.05, 0) is 32.8 Å². The van der Waals surface area contributed by atoms with Gasteiger partial charge in [0.15, 0.2) is 0 Å². The maximum Gasteiger partial charge on any atom is 0.0323 e. The lowest BCUT2D eigenvalue weighted by Crippen LogP contribution is -2.19. The van der Waals surface area contributed by atoms with E-state index in [-0.39, 0.29) is 0 Å². The summed E-state index contributed by atoms with van der Waals surface area (Å²) in [5.74, 6) is 0. The van der Waals surface area contributed by atoms with Crippen molar-refractivity contribution < 1.29 is 0 Å². The maximum absolute atomic E-state index is 3.71. The van der Waals surface area contributed by atoms with Crippen molar-refractivity contribution >= 4 is 0 Å². The highest BCUT2D eigenvalue weighted by atomic mass is 14.9. The van der Waals surface area contributed by atoms with Crippen LogP contribution in [0.15, 0.2) is 36.6 Å². The third kappa shape index (κ3) is 7.66. The fourth-order valence-corrected chi connectivity index (χ4v) is 1.11. The van der Waals surface area contributed by atoms with Crippen LogP contribution in [0.1, 0.15) is 40.5 Å². The highest BCUT2D eigenvalue weighted by Crippen LogP contribution is 2.13. The van der Waals surface area contributed by atoms with E-state index in [1.807, 2.05) is 26.8 Å². The number of hydrogen-bond donors (Lipinski definition) is 1. The molecule has 0 aromatic rings. The molecule has 0 bridgehead atoms. The minimum Gasteiger partial charge on any atom is -0.385 e. The van der Waals surface area contributed by atoms with Crippen LogP contribution in [0.3, 0.4) is 0 Å². The van der Waals surface area contributed by atoms with Gasteiger partial charge in [0.1, 0.15) is 0 Å². The first-order valence-corrected chi connectivity index (χ1v) is 5.39. The van der Waals surface area contributed by atoms with Crippen LogP contribution in [0.4, 0.5) is 0 Å². The number of nitrogens with one attached hydrogen (secondary N) is 1. The Labute approximate surface area is 89.6 Å². The maximum atomic E-state index is 3.71. The minimum atomic E-state index is 1.11. The summed E-state index contributed by atoms with van der Waals surface area (Å²) in [6.45, 7) is 16.2. The summed E-state index contributed by atoms with van der Waals surface area (Å²) in [4.78, 5) is 0. The molecule has 0 fully saturated rings. The number of allylic oxidation sites excluding steroid dienone is 3. The Kier molecular flexibility index (Phi) is 13.3. The largest absolute Gasteiger partial charge is 0.385 e. The molecule has 0 aliphatic carbocycles. The van der Waals surface area contributed by atoms with Gasteiger partial charge in [0, 0.05) is 12.2 Å². The summed E-state index contributed by atoms with van der Waals surface area (Å²) >= 11 is 0. The van der Waals surface area contributed by atoms with Crippen LogP contribution in [0, 0.1) is 0 Å². The molecule has 1 heterocycles. The number of hydrogen-bond acceptors (Lipinski definition) is 1. The van der Waals surface area contributed by atoms with Crippen molar-refractivity contribution in [1.82, 2.24) is 5.32 Å². The number of rotatable bonds is 1. The summed E-state index contributed by atoms with van der Waals surface area (Å²) in [6.07, 6.45) is 6.14. The quantitative estimate of drug-likeness (QED) is 0.622. The lowest BCUT2D eigenvalue weighted by molar-refractivity contribution is 0.675. The van der Waals surface area contributed by atoms with Crippen molar-refractivity contribution in [3.05, 3.63) is 36.6 Å². The van der Waals surface area contributed by atoms with Crippen molar-refractivity contribution in [3.8, 4) is 0 Å². The molecule has 1 heteroatoms. The third-order valence-electron chi connectivity index (χ3n) is 1.71. The Bertz CT molecular complexity index is 178. The van der Waals surface area contributed by atoms with Gasteiger partial charge in [-0.15, -0.1) is 6.58 Å². The van der Waals surface area contributed by atoms with E-state index >= 15 is 0 Å². The van der Waals surface area contributed by atoms with Crippen molar-refractivity contribution in [3.63, 3.8) is 0 Å². The Morgan fingerprint density at radius 2 is 1.79 bits per heavy atom. The summed E-state index contributed by atoms with van der Waals surface area (Å²) < 4.78 is 0. The summed E-state index contributed by atoms with van der Waals surface area (Å²) in [5, 5.41) is 3.28. The van der Waals surface area contributed by atoms with E-state index in [9.17, 15) is 0 Å². The second-order valence-corrected chi connectivity index (χ2v) is 2.84. The molecule has 0 aromatic carbocycles. The molecule has 0 saturated carbocycles. The molecule has 0 spiro atoms. The first-order chi connectivity index (χ1) is 6.76. The molecule has 0 radical (unpaired) electrons. The molecule has 1 N–H and O–H groups in total. The molecule has 1 rings (SSSR count). The van der Waals surface area contributed by atoms with E-state index in [4.69, 9.17) is 0 Å². The predicted molar refractivity (Wildman–Crippen MR) is 67.4 cm³/mol. The van der Waals surface area contributed by atoms with Gasteiger partial charge in [0.05, 0.1) is 0 Å². The summed E-state index contributed by atoms with van der Waals surface area (Å²) in [5.41, 5.74) is 2.68. The topological polar surface area (TPSA) is 12.0 Å². The lowest BCUT2D eigenvalue weighted by atomic mass is 10.1. The molecule has 14 heavy (non-hydrogen) atoms. The van der Waals surface area contributed by atoms with Crippen LogP contribution in [-0.2, 0) is 0 Å². The molecule has 0 unspecified atom stereocenters. The molecule has 1 nitrogen and oxygen atoms in total. The molecule has 0 aromatic heterocycles. The summed E-state index contributed by atoms with van der Waals surface area (Å²) in [6, 6.07) is 0. The Morgan fingerprint density at radius 1 is 1.29 bits per heavy atom. The van der Waals surface area contributed by atoms with E-state index in [0.29, 0.717) is 0 Å². The van der Waals surface area contributed by atoms with Crippen molar-refractivity contribution in [2.75, 3.05) is 6.54 Å². The van der Waals surface area contributed by atoms with E-state index in [0.717, 1.165) is 6.54 Å². The van der Waals surface area contributed by atoms with Crippen LogP contribution in [0.25, 0.3) is 0 Å². The molecular formula is C13H25N. The van der Waals surface area contributed by atoms with Gasteiger partial charge in [-0.25, -0.2) is 0 Å². The highest BCUT2D eigenvalue weighted by molar-refractivity contribution is 5.22. The predicted octanol–water partition coefficient (Wildman–Crippen LogP) is 4.05. The molecule has 82 valence electrons.